The van der Waals surface area contributed by atoms with Crippen LogP contribution in [0.15, 0.2) is 53.0 Å². The number of ether oxygens (including phenoxy) is 1. The molecule has 2 aromatic rings. The standard InChI is InChI=1S/C17H13BrO4/c1-22-16-9-7-13(10-14(16)18)15(19)8-4-11-2-5-12(6-3-11)17(20)21/h2-10H,1H3,(H,20,21)/b8-4+. The molecule has 0 saturated heterocycles. The maximum atomic E-state index is 12.1. The van der Waals surface area contributed by atoms with Gasteiger partial charge in [0.15, 0.2) is 5.78 Å². The van der Waals surface area contributed by atoms with Gasteiger partial charge in [-0.15, -0.1) is 0 Å². The van der Waals surface area contributed by atoms with Crippen LogP contribution >= 0.6 is 15.9 Å². The van der Waals surface area contributed by atoms with Crippen LogP contribution in [0.3, 0.4) is 0 Å². The number of rotatable bonds is 5. The van der Waals surface area contributed by atoms with Gasteiger partial charge in [-0.25, -0.2) is 4.79 Å². The SMILES string of the molecule is COc1ccc(C(=O)/C=C/c2ccc(C(=O)O)cc2)cc1Br. The van der Waals surface area contributed by atoms with Crippen molar-refractivity contribution in [2.45, 2.75) is 0 Å². The zero-order valence-corrected chi connectivity index (χ0v) is 13.3. The third kappa shape index (κ3) is 3.83. The van der Waals surface area contributed by atoms with Crippen LogP contribution in [-0.4, -0.2) is 24.0 Å². The first-order valence-corrected chi connectivity index (χ1v) is 7.20. The summed E-state index contributed by atoms with van der Waals surface area (Å²) in [6, 6.07) is 11.4. The Morgan fingerprint density at radius 2 is 1.73 bits per heavy atom. The molecule has 0 radical (unpaired) electrons. The molecule has 2 rings (SSSR count). The Morgan fingerprint density at radius 1 is 1.09 bits per heavy atom. The summed E-state index contributed by atoms with van der Waals surface area (Å²) in [6.07, 6.45) is 3.09. The van der Waals surface area contributed by atoms with Gasteiger partial charge in [0.25, 0.3) is 0 Å². The van der Waals surface area contributed by atoms with E-state index in [1.165, 1.54) is 18.2 Å². The summed E-state index contributed by atoms with van der Waals surface area (Å²) in [7, 11) is 1.56. The van der Waals surface area contributed by atoms with Crippen molar-refractivity contribution in [3.63, 3.8) is 0 Å². The van der Waals surface area contributed by atoms with E-state index in [1.54, 1.807) is 43.5 Å². The largest absolute Gasteiger partial charge is 0.496 e. The Labute approximate surface area is 136 Å². The molecule has 0 unspecified atom stereocenters. The molecule has 0 aliphatic carbocycles. The first kappa shape index (κ1) is 16.0. The topological polar surface area (TPSA) is 63.6 Å². The molecular weight excluding hydrogens is 348 g/mol. The third-order valence-corrected chi connectivity index (χ3v) is 3.64. The lowest BCUT2D eigenvalue weighted by Gasteiger charge is -2.04. The predicted octanol–water partition coefficient (Wildman–Crippen LogP) is 4.05. The number of methoxy groups -OCH3 is 1. The number of benzene rings is 2. The highest BCUT2D eigenvalue weighted by Crippen LogP contribution is 2.25. The van der Waals surface area contributed by atoms with E-state index in [4.69, 9.17) is 9.84 Å². The number of carboxylic acid groups (broad SMARTS) is 1. The summed E-state index contributed by atoms with van der Waals surface area (Å²) in [5.74, 6) is -0.467. The monoisotopic (exact) mass is 360 g/mol. The van der Waals surface area contributed by atoms with Gasteiger partial charge in [-0.1, -0.05) is 18.2 Å². The van der Waals surface area contributed by atoms with Gasteiger partial charge in [-0.3, -0.25) is 4.79 Å². The maximum absolute atomic E-state index is 12.1. The second kappa shape index (κ2) is 7.04. The van der Waals surface area contributed by atoms with E-state index in [1.807, 2.05) is 0 Å². The molecule has 1 N–H and O–H groups in total. The third-order valence-electron chi connectivity index (χ3n) is 3.02. The average molecular weight is 361 g/mol. The maximum Gasteiger partial charge on any atom is 0.335 e. The fraction of sp³-hybridized carbons (Fsp3) is 0.0588. The normalized spacial score (nSPS) is 10.6. The first-order valence-electron chi connectivity index (χ1n) is 6.40. The average Bonchev–Trinajstić information content (AvgIpc) is 2.52. The van der Waals surface area contributed by atoms with Gasteiger partial charge in [0.1, 0.15) is 5.75 Å². The Bertz CT molecular complexity index is 733. The van der Waals surface area contributed by atoms with Crippen LogP contribution < -0.4 is 4.74 Å². The quantitative estimate of drug-likeness (QED) is 0.645. The Kier molecular flexibility index (Phi) is 5.12. The van der Waals surface area contributed by atoms with Crippen molar-refractivity contribution in [3.8, 4) is 5.75 Å². The Hall–Kier alpha value is -2.40. The van der Waals surface area contributed by atoms with E-state index in [0.717, 1.165) is 5.56 Å². The molecule has 0 aliphatic rings. The molecule has 2 aromatic carbocycles. The molecule has 22 heavy (non-hydrogen) atoms. The predicted molar refractivity (Wildman–Crippen MR) is 87.5 cm³/mol. The second-order valence-electron chi connectivity index (χ2n) is 4.47. The van der Waals surface area contributed by atoms with Gasteiger partial charge < -0.3 is 9.84 Å². The Morgan fingerprint density at radius 3 is 2.27 bits per heavy atom. The molecule has 0 fully saturated rings. The lowest BCUT2D eigenvalue weighted by Crippen LogP contribution is -1.96. The van der Waals surface area contributed by atoms with Crippen LogP contribution in [0.5, 0.6) is 5.75 Å². The summed E-state index contributed by atoms with van der Waals surface area (Å²) in [5.41, 5.74) is 1.50. The van der Waals surface area contributed by atoms with Gasteiger partial charge in [0.05, 0.1) is 17.1 Å². The number of aromatic carboxylic acids is 1. The number of hydrogen-bond donors (Lipinski definition) is 1. The van der Waals surface area contributed by atoms with Crippen molar-refractivity contribution < 1.29 is 19.4 Å². The molecule has 0 amide bonds. The first-order chi connectivity index (χ1) is 10.5. The minimum atomic E-state index is -0.977. The summed E-state index contributed by atoms with van der Waals surface area (Å²) in [6.45, 7) is 0. The number of halogens is 1. The molecule has 4 nitrogen and oxygen atoms in total. The molecule has 0 saturated carbocycles. The van der Waals surface area contributed by atoms with Crippen LogP contribution in [0.2, 0.25) is 0 Å². The number of allylic oxidation sites excluding steroid dienone is 1. The molecule has 5 heteroatoms. The molecule has 0 heterocycles. The van der Waals surface area contributed by atoms with Gasteiger partial charge in [0.2, 0.25) is 0 Å². The van der Waals surface area contributed by atoms with Crippen LogP contribution in [0.1, 0.15) is 26.3 Å². The number of ketones is 1. The summed E-state index contributed by atoms with van der Waals surface area (Å²) >= 11 is 3.34. The number of carbonyl (C=O) groups is 2. The van der Waals surface area contributed by atoms with E-state index < -0.39 is 5.97 Å². The highest BCUT2D eigenvalue weighted by Gasteiger charge is 2.06. The minimum Gasteiger partial charge on any atom is -0.496 e. The van der Waals surface area contributed by atoms with Crippen molar-refractivity contribution in [1.29, 1.82) is 0 Å². The fourth-order valence-electron chi connectivity index (χ4n) is 1.82. The molecule has 0 atom stereocenters. The van der Waals surface area contributed by atoms with Crippen molar-refractivity contribution in [2.24, 2.45) is 0 Å². The van der Waals surface area contributed by atoms with E-state index in [2.05, 4.69) is 15.9 Å². The minimum absolute atomic E-state index is 0.148. The van der Waals surface area contributed by atoms with E-state index in [9.17, 15) is 9.59 Å². The van der Waals surface area contributed by atoms with Gasteiger partial charge >= 0.3 is 5.97 Å². The summed E-state index contributed by atoms with van der Waals surface area (Å²) in [4.78, 5) is 22.9. The smallest absolute Gasteiger partial charge is 0.335 e. The van der Waals surface area contributed by atoms with Crippen molar-refractivity contribution >= 4 is 33.8 Å². The molecule has 0 bridgehead atoms. The number of carbonyl (C=O) groups excluding carboxylic acids is 1. The van der Waals surface area contributed by atoms with E-state index in [0.29, 0.717) is 15.8 Å². The number of hydrogen-bond acceptors (Lipinski definition) is 3. The van der Waals surface area contributed by atoms with Crippen LogP contribution in [-0.2, 0) is 0 Å². The number of carboxylic acids is 1. The van der Waals surface area contributed by atoms with Crippen LogP contribution in [0.25, 0.3) is 6.08 Å². The van der Waals surface area contributed by atoms with Crippen molar-refractivity contribution in [3.05, 3.63) is 69.7 Å². The highest BCUT2D eigenvalue weighted by molar-refractivity contribution is 9.10. The second-order valence-corrected chi connectivity index (χ2v) is 5.33. The van der Waals surface area contributed by atoms with Crippen molar-refractivity contribution in [2.75, 3.05) is 7.11 Å². The zero-order chi connectivity index (χ0) is 16.1. The summed E-state index contributed by atoms with van der Waals surface area (Å²) < 4.78 is 5.82. The fourth-order valence-corrected chi connectivity index (χ4v) is 2.37. The van der Waals surface area contributed by atoms with Crippen molar-refractivity contribution in [1.82, 2.24) is 0 Å². The highest BCUT2D eigenvalue weighted by atomic mass is 79.9. The lowest BCUT2D eigenvalue weighted by atomic mass is 10.1. The van der Waals surface area contributed by atoms with E-state index >= 15 is 0 Å². The van der Waals surface area contributed by atoms with Gasteiger partial charge in [-0.2, -0.15) is 0 Å². The molecule has 112 valence electrons. The molecule has 0 aromatic heterocycles. The van der Waals surface area contributed by atoms with Gasteiger partial charge in [-0.05, 0) is 57.9 Å². The molecule has 0 spiro atoms. The Balaban J connectivity index is 2.14. The summed E-state index contributed by atoms with van der Waals surface area (Å²) in [5, 5.41) is 8.82. The van der Waals surface area contributed by atoms with Crippen LogP contribution in [0.4, 0.5) is 0 Å². The van der Waals surface area contributed by atoms with E-state index in [-0.39, 0.29) is 11.3 Å². The molecule has 0 aliphatic heterocycles. The van der Waals surface area contributed by atoms with Crippen LogP contribution in [0, 0.1) is 0 Å². The van der Waals surface area contributed by atoms with Gasteiger partial charge in [0, 0.05) is 5.56 Å². The molecular formula is C17H13BrO4. The lowest BCUT2D eigenvalue weighted by molar-refractivity contribution is 0.0696. The zero-order valence-electron chi connectivity index (χ0n) is 11.7.